The number of rotatable bonds is 28. The molecular weight excluding hydrogens is 837 g/mol. The Morgan fingerprint density at radius 2 is 1.69 bits per heavy atom. The number of benzene rings is 1. The third-order valence-corrected chi connectivity index (χ3v) is 12.1. The maximum absolute atomic E-state index is 14.7. The predicted molar refractivity (Wildman–Crippen MR) is 232 cm³/mol. The molecule has 5 N–H and O–H groups in total. The average Bonchev–Trinajstić information content (AvgIpc) is 3.96. The van der Waals surface area contributed by atoms with Gasteiger partial charge in [0.2, 0.25) is 11.5 Å². The first-order valence-corrected chi connectivity index (χ1v) is 23.2. The largest absolute Gasteiger partial charge is 0.530 e. The van der Waals surface area contributed by atoms with Crippen molar-refractivity contribution in [2.75, 3.05) is 26.4 Å². The third kappa shape index (κ3) is 14.1. The van der Waals surface area contributed by atoms with Gasteiger partial charge in [-0.3, -0.25) is 14.5 Å². The molecule has 0 radical (unpaired) electrons. The molecule has 2 aromatic heterocycles. The molecule has 0 spiro atoms. The lowest BCUT2D eigenvalue weighted by Crippen LogP contribution is -2.46. The van der Waals surface area contributed by atoms with Crippen LogP contribution in [0.2, 0.25) is 5.02 Å². The molecule has 2 aliphatic rings. The number of unbranched alkanes of at least 4 members (excludes halogenated alkanes) is 11. The number of para-hydroxylation sites is 1. The zero-order valence-corrected chi connectivity index (χ0v) is 37.5. The summed E-state index contributed by atoms with van der Waals surface area (Å²) in [4.78, 5) is 11.3. The molecule has 2 fully saturated rings. The second-order valence-corrected chi connectivity index (χ2v) is 17.8. The number of aromatic nitrogens is 2. The van der Waals surface area contributed by atoms with Crippen LogP contribution in [-0.4, -0.2) is 78.3 Å². The van der Waals surface area contributed by atoms with Crippen molar-refractivity contribution in [1.29, 1.82) is 10.5 Å². The van der Waals surface area contributed by atoms with Crippen molar-refractivity contribution in [3.8, 4) is 23.8 Å². The fraction of sp³-hybridized carbons (Fsp3) is 0.568. The molecule has 1 aromatic carbocycles. The molecule has 0 saturated carbocycles. The van der Waals surface area contributed by atoms with Gasteiger partial charge in [-0.1, -0.05) is 101 Å². The van der Waals surface area contributed by atoms with E-state index in [2.05, 4.69) is 28.0 Å². The van der Waals surface area contributed by atoms with E-state index in [9.17, 15) is 15.1 Å². The predicted octanol–water partition coefficient (Wildman–Crippen LogP) is 7.67. The number of nitriles is 2. The quantitative estimate of drug-likeness (QED) is 0.0275. The monoisotopic (exact) mass is 896 g/mol. The summed E-state index contributed by atoms with van der Waals surface area (Å²) < 4.78 is 63.7. The summed E-state index contributed by atoms with van der Waals surface area (Å²) in [6, 6.07) is 17.1. The number of amidine groups is 1. The number of pyridine rings is 1. The highest BCUT2D eigenvalue weighted by Crippen LogP contribution is 2.55. The molecule has 18 heteroatoms. The van der Waals surface area contributed by atoms with Crippen LogP contribution in [0.4, 0.5) is 0 Å². The van der Waals surface area contributed by atoms with Gasteiger partial charge in [0.25, 0.3) is 12.2 Å². The first-order valence-electron chi connectivity index (χ1n) is 21.4. The minimum atomic E-state index is -4.66. The Kier molecular flexibility index (Phi) is 18.8. The smallest absolute Gasteiger partial charge is 0.469 e. The van der Waals surface area contributed by atoms with E-state index < -0.39 is 50.2 Å². The number of fused-ring (bicyclic) bond motifs is 1. The molecule has 2 saturated heterocycles. The van der Waals surface area contributed by atoms with Gasteiger partial charge in [-0.05, 0) is 55.6 Å². The summed E-state index contributed by atoms with van der Waals surface area (Å²) in [6.45, 7) is 5.18. The minimum absolute atomic E-state index is 0.00975. The summed E-state index contributed by atoms with van der Waals surface area (Å²) in [5.74, 6) is -0.781. The first kappa shape index (κ1) is 48.7. The number of phosphoric ester groups is 1. The zero-order valence-electron chi connectivity index (χ0n) is 35.8. The minimum Gasteiger partial charge on any atom is -0.469 e. The van der Waals surface area contributed by atoms with Crippen LogP contribution in [0, 0.1) is 22.7 Å². The van der Waals surface area contributed by atoms with Crippen LogP contribution in [0.5, 0.6) is 11.6 Å². The van der Waals surface area contributed by atoms with Gasteiger partial charge in [0.1, 0.15) is 54.6 Å². The van der Waals surface area contributed by atoms with Crippen molar-refractivity contribution in [3.63, 3.8) is 0 Å². The number of hydrogen-bond donors (Lipinski definition) is 3. The van der Waals surface area contributed by atoms with Gasteiger partial charge >= 0.3 is 7.82 Å². The number of halogens is 1. The highest BCUT2D eigenvalue weighted by molar-refractivity contribution is 7.49. The SMILES string of the molecule is CCCCCCCCCCCCCCOC[C@H](COP(=O)(OC[C@@]1(C#N)O[C@@H](c2ccc(C(N)=NC=[NH2+])[nH]2)[C@@H]2OC(C)(C)O[C@@H]21)Oc1ccccc1Cl)Oc1ccc(C#N)cn1. The number of nitrogens with one attached hydrogen (secondary N) is 1. The molecule has 0 amide bonds. The topological polar surface area (TPSA) is 231 Å². The lowest BCUT2D eigenvalue weighted by Gasteiger charge is -2.30. The van der Waals surface area contributed by atoms with Crippen LogP contribution in [0.1, 0.15) is 121 Å². The number of nitrogens with zero attached hydrogens (tertiary/aromatic N) is 4. The summed E-state index contributed by atoms with van der Waals surface area (Å²) in [5.41, 5.74) is 5.49. The fourth-order valence-electron chi connectivity index (χ4n) is 7.23. The van der Waals surface area contributed by atoms with Crippen LogP contribution in [0.25, 0.3) is 0 Å². The summed E-state index contributed by atoms with van der Waals surface area (Å²) in [7, 11) is -4.66. The van der Waals surface area contributed by atoms with Gasteiger partial charge in [0.15, 0.2) is 5.79 Å². The Bertz CT molecular complexity index is 2040. The summed E-state index contributed by atoms with van der Waals surface area (Å²) >= 11 is 6.44. The van der Waals surface area contributed by atoms with Crippen LogP contribution >= 0.6 is 19.4 Å². The number of aromatic amines is 1. The van der Waals surface area contributed by atoms with E-state index in [4.69, 9.17) is 60.0 Å². The highest BCUT2D eigenvalue weighted by atomic mass is 35.5. The van der Waals surface area contributed by atoms with Crippen LogP contribution in [0.3, 0.4) is 0 Å². The van der Waals surface area contributed by atoms with Crippen molar-refractivity contribution in [3.05, 3.63) is 76.7 Å². The van der Waals surface area contributed by atoms with Gasteiger partial charge in [-0.2, -0.15) is 10.5 Å². The molecule has 1 unspecified atom stereocenters. The maximum Gasteiger partial charge on any atom is 0.530 e. The number of ether oxygens (including phenoxy) is 5. The molecule has 62 heavy (non-hydrogen) atoms. The zero-order chi connectivity index (χ0) is 44.4. The Morgan fingerprint density at radius 1 is 0.984 bits per heavy atom. The number of nitrogens with two attached hydrogens (primary N) is 2. The molecular formula is C44H60ClN7O9P+. The van der Waals surface area contributed by atoms with E-state index in [0.717, 1.165) is 25.6 Å². The van der Waals surface area contributed by atoms with E-state index in [1.807, 2.05) is 6.07 Å². The van der Waals surface area contributed by atoms with Gasteiger partial charge in [-0.15, -0.1) is 0 Å². The van der Waals surface area contributed by atoms with Gasteiger partial charge in [0.05, 0.1) is 23.8 Å². The van der Waals surface area contributed by atoms with E-state index >= 15 is 0 Å². The molecule has 0 bridgehead atoms. The van der Waals surface area contributed by atoms with Crippen molar-refractivity contribution in [2.24, 2.45) is 10.7 Å². The Balaban J connectivity index is 1.26. The maximum atomic E-state index is 14.7. The van der Waals surface area contributed by atoms with Crippen molar-refractivity contribution < 1.29 is 47.2 Å². The molecule has 0 aliphatic carbocycles. The average molecular weight is 897 g/mol. The van der Waals surface area contributed by atoms with Gasteiger partial charge < -0.3 is 38.9 Å². The van der Waals surface area contributed by atoms with Crippen molar-refractivity contribution in [1.82, 2.24) is 9.97 Å². The second kappa shape index (κ2) is 23.9. The molecule has 3 aromatic rings. The Morgan fingerprint density at radius 3 is 2.34 bits per heavy atom. The normalized spacial score (nSPS) is 22.0. The van der Waals surface area contributed by atoms with Crippen molar-refractivity contribution >= 4 is 31.6 Å². The van der Waals surface area contributed by atoms with E-state index in [1.165, 1.54) is 70.1 Å². The Hall–Kier alpha value is -4.35. The second-order valence-electron chi connectivity index (χ2n) is 15.8. The fourth-order valence-corrected chi connectivity index (χ4v) is 8.74. The molecule has 2 aliphatic heterocycles. The van der Waals surface area contributed by atoms with E-state index in [-0.39, 0.29) is 35.7 Å². The van der Waals surface area contributed by atoms with E-state index in [1.54, 1.807) is 56.3 Å². The molecule has 336 valence electrons. The Labute approximate surface area is 369 Å². The number of phosphoric acid groups is 1. The van der Waals surface area contributed by atoms with E-state index in [0.29, 0.717) is 23.6 Å². The molecule has 4 heterocycles. The number of H-pyrrole nitrogens is 1. The third-order valence-electron chi connectivity index (χ3n) is 10.4. The summed E-state index contributed by atoms with van der Waals surface area (Å²) in [5, 5.41) is 25.6. The standard InChI is InChI=1S/C44H59ClN7O9P/c1-4-5-6-7-8-9-10-11-12-13-14-17-24-54-27-33(57-38-23-20-32(25-46)26-50-38)28-55-62(53,61-37-19-16-15-18-34(37)45)56-30-44(29-47)41-40(58-43(2,3)60-41)39(59-44)35-21-22-36(52-35)42(49)51-31-48/h15-16,18-23,26,31,33,39-41,52H,4-14,17,24,27-28,30H2,1-3H3,(H3,48,49,51)/p+1/t33-,39+,40+,41+,44-,62?/m1/s1. The van der Waals surface area contributed by atoms with Gasteiger partial charge in [-0.25, -0.2) is 9.55 Å². The lowest BCUT2D eigenvalue weighted by molar-refractivity contribution is -0.204. The number of aliphatic imine (C=N–C) groups is 1. The van der Waals surface area contributed by atoms with Gasteiger partial charge in [0, 0.05) is 24.6 Å². The summed E-state index contributed by atoms with van der Waals surface area (Å²) in [6.07, 6.45) is 13.5. The van der Waals surface area contributed by atoms with Crippen LogP contribution < -0.4 is 20.4 Å². The lowest BCUT2D eigenvalue weighted by atomic mass is 9.96. The molecule has 5 rings (SSSR count). The molecule has 16 nitrogen and oxygen atoms in total. The van der Waals surface area contributed by atoms with Crippen molar-refractivity contribution in [2.45, 2.75) is 134 Å². The first-order chi connectivity index (χ1) is 29.9. The number of hydrogen-bond acceptors (Lipinski definition) is 12. The van der Waals surface area contributed by atoms with Crippen LogP contribution in [0.15, 0.2) is 59.7 Å². The van der Waals surface area contributed by atoms with Crippen LogP contribution in [-0.2, 0) is 32.6 Å². The highest BCUT2D eigenvalue weighted by Gasteiger charge is 2.65. The molecule has 6 atom stereocenters.